The van der Waals surface area contributed by atoms with Crippen molar-refractivity contribution in [3.05, 3.63) is 60.4 Å². The molecule has 3 heterocycles. The van der Waals surface area contributed by atoms with Crippen molar-refractivity contribution in [1.82, 2.24) is 19.5 Å². The summed E-state index contributed by atoms with van der Waals surface area (Å²) in [6, 6.07) is 3.14. The Kier molecular flexibility index (Phi) is 4.43. The monoisotopic (exact) mass is 408 g/mol. The van der Waals surface area contributed by atoms with Crippen LogP contribution in [0.2, 0.25) is 10.3 Å². The highest BCUT2D eigenvalue weighted by molar-refractivity contribution is 7.12. The van der Waals surface area contributed by atoms with E-state index in [0.717, 1.165) is 11.3 Å². The molecule has 12 heteroatoms. The molecule has 6 nitrogen and oxygen atoms in total. The van der Waals surface area contributed by atoms with E-state index in [1.807, 2.05) is 0 Å². The molecule has 0 radical (unpaired) electrons. The number of hydrogen-bond donors (Lipinski definition) is 1. The minimum Gasteiger partial charge on any atom is -0.274 e. The Morgan fingerprint density at radius 1 is 1.08 bits per heavy atom. The van der Waals surface area contributed by atoms with Crippen molar-refractivity contribution in [1.29, 1.82) is 0 Å². The van der Waals surface area contributed by atoms with Crippen LogP contribution in [0.15, 0.2) is 33.2 Å². The van der Waals surface area contributed by atoms with E-state index in [0.29, 0.717) is 16.2 Å². The van der Waals surface area contributed by atoms with Gasteiger partial charge in [0.1, 0.15) is 16.0 Å². The molecule has 0 spiro atoms. The molecule has 0 aliphatic heterocycles. The molecular weight excluding hydrogens is 404 g/mol. The second kappa shape index (κ2) is 6.28. The second-order valence-corrected chi connectivity index (χ2v) is 6.28. The van der Waals surface area contributed by atoms with E-state index in [1.165, 1.54) is 17.5 Å². The fraction of sp³-hybridized carbons (Fsp3) is 0.0769. The minimum absolute atomic E-state index is 0.0780. The predicted octanol–water partition coefficient (Wildman–Crippen LogP) is 3.37. The molecule has 0 amide bonds. The average molecular weight is 409 g/mol. The number of aromatic nitrogens is 4. The smallest absolute Gasteiger partial charge is 0.274 e. The van der Waals surface area contributed by atoms with Crippen LogP contribution in [0.4, 0.5) is 13.2 Å². The summed E-state index contributed by atoms with van der Waals surface area (Å²) in [6.45, 7) is 0. The Morgan fingerprint density at radius 2 is 1.72 bits per heavy atom. The number of pyridine rings is 1. The van der Waals surface area contributed by atoms with Gasteiger partial charge in [0.15, 0.2) is 5.13 Å². The molecule has 3 aromatic rings. The third-order valence-corrected chi connectivity index (χ3v) is 4.19. The Labute approximate surface area is 150 Å². The topological polar surface area (TPSA) is 80.6 Å². The molecule has 1 N–H and O–H groups in total. The summed E-state index contributed by atoms with van der Waals surface area (Å²) in [6.07, 6.45) is -4.91. The summed E-state index contributed by atoms with van der Waals surface area (Å²) in [4.78, 5) is 32.7. The summed E-state index contributed by atoms with van der Waals surface area (Å²) < 4.78 is 39.7. The number of alkyl halides is 3. The highest BCUT2D eigenvalue weighted by atomic mass is 35.5. The van der Waals surface area contributed by atoms with E-state index in [-0.39, 0.29) is 21.1 Å². The van der Waals surface area contributed by atoms with Crippen molar-refractivity contribution < 1.29 is 13.2 Å². The van der Waals surface area contributed by atoms with Crippen LogP contribution in [-0.4, -0.2) is 19.5 Å². The van der Waals surface area contributed by atoms with Gasteiger partial charge in [-0.05, 0) is 12.1 Å². The Balaban J connectivity index is 2.18. The van der Waals surface area contributed by atoms with Crippen molar-refractivity contribution >= 4 is 34.5 Å². The zero-order valence-corrected chi connectivity index (χ0v) is 14.1. The molecule has 0 unspecified atom stereocenters. The van der Waals surface area contributed by atoms with E-state index in [2.05, 4.69) is 9.97 Å². The Bertz CT molecular complexity index is 1050. The van der Waals surface area contributed by atoms with Crippen LogP contribution in [0.1, 0.15) is 5.69 Å². The molecular formula is C13H5Cl2F3N4O2S. The van der Waals surface area contributed by atoms with E-state index in [4.69, 9.17) is 23.2 Å². The molecule has 0 fully saturated rings. The van der Waals surface area contributed by atoms with Crippen molar-refractivity contribution in [3.8, 4) is 16.4 Å². The maximum absolute atomic E-state index is 13.2. The number of nitrogens with one attached hydrogen (secondary N) is 1. The summed E-state index contributed by atoms with van der Waals surface area (Å²) in [5.74, 6) is 0. The molecule has 130 valence electrons. The van der Waals surface area contributed by atoms with Gasteiger partial charge in [-0.25, -0.2) is 19.3 Å². The predicted molar refractivity (Wildman–Crippen MR) is 86.6 cm³/mol. The highest BCUT2D eigenvalue weighted by Crippen LogP contribution is 2.31. The molecule has 0 saturated heterocycles. The minimum atomic E-state index is -4.91. The average Bonchev–Trinajstić information content (AvgIpc) is 2.94. The molecule has 0 aliphatic carbocycles. The first kappa shape index (κ1) is 17.6. The van der Waals surface area contributed by atoms with E-state index in [9.17, 15) is 22.8 Å². The zero-order chi connectivity index (χ0) is 18.4. The largest absolute Gasteiger partial charge is 0.432 e. The van der Waals surface area contributed by atoms with Crippen molar-refractivity contribution in [2.75, 3.05) is 0 Å². The second-order valence-electron chi connectivity index (χ2n) is 4.67. The van der Waals surface area contributed by atoms with Gasteiger partial charge in [-0.2, -0.15) is 13.2 Å². The zero-order valence-electron chi connectivity index (χ0n) is 11.8. The molecule has 3 aromatic heterocycles. The number of halogens is 5. The third kappa shape index (κ3) is 3.60. The van der Waals surface area contributed by atoms with Crippen LogP contribution in [0.25, 0.3) is 16.4 Å². The third-order valence-electron chi connectivity index (χ3n) is 2.97. The Hall–Kier alpha value is -2.17. The highest BCUT2D eigenvalue weighted by Gasteiger charge is 2.36. The van der Waals surface area contributed by atoms with Crippen LogP contribution in [-0.2, 0) is 6.18 Å². The lowest BCUT2D eigenvalue weighted by atomic mass is 10.2. The normalized spacial score (nSPS) is 11.7. The van der Waals surface area contributed by atoms with Gasteiger partial charge in [0.25, 0.3) is 5.56 Å². The molecule has 25 heavy (non-hydrogen) atoms. The van der Waals surface area contributed by atoms with Gasteiger partial charge in [0.2, 0.25) is 0 Å². The van der Waals surface area contributed by atoms with Crippen molar-refractivity contribution in [2.24, 2.45) is 0 Å². The molecule has 0 aromatic carbocycles. The maximum atomic E-state index is 13.2. The molecule has 3 rings (SSSR count). The van der Waals surface area contributed by atoms with Crippen LogP contribution in [0, 0.1) is 0 Å². The lowest BCUT2D eigenvalue weighted by molar-refractivity contribution is -0.143. The number of rotatable bonds is 2. The van der Waals surface area contributed by atoms with Crippen LogP contribution < -0.4 is 11.2 Å². The van der Waals surface area contributed by atoms with Gasteiger partial charge < -0.3 is 0 Å². The van der Waals surface area contributed by atoms with Crippen LogP contribution in [0.5, 0.6) is 0 Å². The van der Waals surface area contributed by atoms with Gasteiger partial charge in [0.05, 0.1) is 5.69 Å². The SMILES string of the molecule is O=c1cc(C(F)(F)F)n(-c2nc(-c3cc(Cl)nc(Cl)c3)cs2)c(=O)[nH]1. The van der Waals surface area contributed by atoms with E-state index < -0.39 is 23.1 Å². The lowest BCUT2D eigenvalue weighted by Gasteiger charge is -2.11. The molecule has 0 atom stereocenters. The van der Waals surface area contributed by atoms with Gasteiger partial charge in [0, 0.05) is 17.0 Å². The summed E-state index contributed by atoms with van der Waals surface area (Å²) >= 11 is 12.4. The number of thiazole rings is 1. The van der Waals surface area contributed by atoms with Crippen LogP contribution >= 0.6 is 34.5 Å². The van der Waals surface area contributed by atoms with E-state index in [1.54, 1.807) is 4.98 Å². The molecule has 0 bridgehead atoms. The number of H-pyrrole nitrogens is 1. The fourth-order valence-electron chi connectivity index (χ4n) is 2.01. The first-order valence-electron chi connectivity index (χ1n) is 6.38. The number of aromatic amines is 1. The van der Waals surface area contributed by atoms with Crippen LogP contribution in [0.3, 0.4) is 0 Å². The molecule has 0 saturated carbocycles. The van der Waals surface area contributed by atoms with Gasteiger partial charge in [-0.15, -0.1) is 11.3 Å². The standard InChI is InChI=1S/C13H5Cl2F3N4O2S/c14-8-1-5(2-9(15)20-8)6-4-25-12(19-6)22-7(13(16,17)18)3-10(23)21-11(22)24/h1-4H,(H,21,23,24). The molecule has 0 aliphatic rings. The van der Waals surface area contributed by atoms with E-state index >= 15 is 0 Å². The van der Waals surface area contributed by atoms with Gasteiger partial charge in [-0.1, -0.05) is 23.2 Å². The van der Waals surface area contributed by atoms with Crippen molar-refractivity contribution in [3.63, 3.8) is 0 Å². The van der Waals surface area contributed by atoms with Gasteiger partial charge >= 0.3 is 11.9 Å². The number of nitrogens with zero attached hydrogens (tertiary/aromatic N) is 3. The quantitative estimate of drug-likeness (QED) is 0.659. The lowest BCUT2D eigenvalue weighted by Crippen LogP contribution is -2.34. The van der Waals surface area contributed by atoms with Gasteiger partial charge in [-0.3, -0.25) is 9.78 Å². The first-order chi connectivity index (χ1) is 11.6. The van der Waals surface area contributed by atoms with Crippen molar-refractivity contribution in [2.45, 2.75) is 6.18 Å². The maximum Gasteiger partial charge on any atom is 0.432 e. The summed E-state index contributed by atoms with van der Waals surface area (Å²) in [5.41, 5.74) is -3.16. The summed E-state index contributed by atoms with van der Waals surface area (Å²) in [5, 5.41) is 1.31. The number of hydrogen-bond acceptors (Lipinski definition) is 5. The summed E-state index contributed by atoms with van der Waals surface area (Å²) in [7, 11) is 0. The Morgan fingerprint density at radius 3 is 2.32 bits per heavy atom. The fourth-order valence-corrected chi connectivity index (χ4v) is 3.31. The first-order valence-corrected chi connectivity index (χ1v) is 8.01.